The quantitative estimate of drug-likeness (QED) is 0.535. The first-order valence-electron chi connectivity index (χ1n) is 1.06. The van der Waals surface area contributed by atoms with Gasteiger partial charge in [0, 0.05) is 10.7 Å². The zero-order valence-corrected chi connectivity index (χ0v) is 5.81. The van der Waals surface area contributed by atoms with Crippen molar-refractivity contribution < 1.29 is 12.6 Å². The Labute approximate surface area is 52.6 Å². The molecule has 0 aromatic rings. The van der Waals surface area contributed by atoms with E-state index in [0.717, 1.165) is 7.11 Å². The number of hydrogen-bond donors (Lipinski definition) is 0. The third-order valence-electron chi connectivity index (χ3n) is 0.199. The van der Waals surface area contributed by atoms with Crippen LogP contribution in [0.25, 0.3) is 0 Å². The second kappa shape index (κ2) is 3.49. The second-order valence-electron chi connectivity index (χ2n) is 0.560. The Morgan fingerprint density at radius 2 is 1.71 bits per heavy atom. The molecule has 0 spiro atoms. The van der Waals surface area contributed by atoms with Crippen molar-refractivity contribution in [1.29, 1.82) is 0 Å². The molecule has 6 heteroatoms. The van der Waals surface area contributed by atoms with Gasteiger partial charge >= 0.3 is 9.33 Å². The maximum Gasteiger partial charge on any atom is 0.355 e. The Balaban J connectivity index is 0. The third kappa shape index (κ3) is 10.7. The minimum atomic E-state index is -3.69. The van der Waals surface area contributed by atoms with E-state index in [1.807, 2.05) is 0 Å². The maximum atomic E-state index is 9.54. The van der Waals surface area contributed by atoms with Crippen LogP contribution in [0, 0.1) is 0 Å². The summed E-state index contributed by atoms with van der Waals surface area (Å²) in [5, 5.41) is 0. The Morgan fingerprint density at radius 1 is 1.57 bits per heavy atom. The number of halogens is 2. The Bertz CT molecular complexity index is 115. The van der Waals surface area contributed by atoms with Crippen LogP contribution in [-0.4, -0.2) is 15.5 Å². The van der Waals surface area contributed by atoms with E-state index in [9.17, 15) is 8.42 Å². The highest BCUT2D eigenvalue weighted by atomic mass is 35.7. The van der Waals surface area contributed by atoms with Gasteiger partial charge in [0.2, 0.25) is 0 Å². The molecular formula is CH4Cl2O3S. The lowest BCUT2D eigenvalue weighted by molar-refractivity contribution is 0.412. The highest BCUT2D eigenvalue weighted by molar-refractivity contribution is 8.09. The minimum Gasteiger partial charge on any atom is -0.261 e. The average molecular weight is 167 g/mol. The second-order valence-corrected chi connectivity index (χ2v) is 2.81. The summed E-state index contributed by atoms with van der Waals surface area (Å²) in [6.45, 7) is 0. The molecule has 0 N–H and O–H groups in total. The van der Waals surface area contributed by atoms with Gasteiger partial charge in [0.15, 0.2) is 0 Å². The van der Waals surface area contributed by atoms with E-state index >= 15 is 0 Å². The van der Waals surface area contributed by atoms with Crippen molar-refractivity contribution in [3.63, 3.8) is 0 Å². The van der Waals surface area contributed by atoms with E-state index in [4.69, 9.17) is 0 Å². The fourth-order valence-corrected chi connectivity index (χ4v) is 0. The van der Waals surface area contributed by atoms with E-state index in [1.54, 1.807) is 0 Å². The van der Waals surface area contributed by atoms with Gasteiger partial charge in [-0.1, -0.05) is 0 Å². The van der Waals surface area contributed by atoms with Gasteiger partial charge < -0.3 is 0 Å². The summed E-state index contributed by atoms with van der Waals surface area (Å²) in [5.41, 5.74) is 0. The van der Waals surface area contributed by atoms with Crippen LogP contribution in [0.1, 0.15) is 0 Å². The summed E-state index contributed by atoms with van der Waals surface area (Å²) in [6, 6.07) is 0. The summed E-state index contributed by atoms with van der Waals surface area (Å²) in [7, 11) is 1.77. The molecule has 0 aliphatic heterocycles. The lowest BCUT2D eigenvalue weighted by atomic mass is 11.8. The number of hydrogen-bond acceptors (Lipinski definition) is 3. The van der Waals surface area contributed by atoms with Gasteiger partial charge in [-0.05, 0) is 0 Å². The van der Waals surface area contributed by atoms with Crippen LogP contribution in [-0.2, 0) is 13.5 Å². The van der Waals surface area contributed by atoms with Crippen LogP contribution in [0.15, 0.2) is 0 Å². The van der Waals surface area contributed by atoms with Gasteiger partial charge in [-0.15, -0.1) is 12.4 Å². The predicted molar refractivity (Wildman–Crippen MR) is 29.0 cm³/mol. The normalized spacial score (nSPS) is 10.0. The largest absolute Gasteiger partial charge is 0.355 e. The molecule has 7 heavy (non-hydrogen) atoms. The van der Waals surface area contributed by atoms with Crippen molar-refractivity contribution in [2.75, 3.05) is 7.11 Å². The molecule has 0 fully saturated rings. The zero-order chi connectivity index (χ0) is 5.21. The van der Waals surface area contributed by atoms with Crippen molar-refractivity contribution in [2.24, 2.45) is 0 Å². The first-order valence-corrected chi connectivity index (χ1v) is 3.30. The monoisotopic (exact) mass is 166 g/mol. The molecule has 0 atom stereocenters. The summed E-state index contributed by atoms with van der Waals surface area (Å²) >= 11 is 0. The van der Waals surface area contributed by atoms with Gasteiger partial charge in [0.1, 0.15) is 0 Å². The van der Waals surface area contributed by atoms with Crippen molar-refractivity contribution in [2.45, 2.75) is 0 Å². The van der Waals surface area contributed by atoms with E-state index in [-0.39, 0.29) is 12.4 Å². The van der Waals surface area contributed by atoms with Gasteiger partial charge in [0.25, 0.3) is 0 Å². The predicted octanol–water partition coefficient (Wildman–Crippen LogP) is 0.538. The molecule has 0 bridgehead atoms. The fraction of sp³-hybridized carbons (Fsp3) is 1.00. The summed E-state index contributed by atoms with van der Waals surface area (Å²) in [5.74, 6) is 0. The van der Waals surface area contributed by atoms with E-state index < -0.39 is 9.33 Å². The van der Waals surface area contributed by atoms with Crippen LogP contribution in [0.3, 0.4) is 0 Å². The third-order valence-corrected chi connectivity index (χ3v) is 0.975. The van der Waals surface area contributed by atoms with Gasteiger partial charge in [-0.3, -0.25) is 4.18 Å². The highest BCUT2D eigenvalue weighted by Crippen LogP contribution is 1.92. The minimum absolute atomic E-state index is 0. The number of rotatable bonds is 1. The molecule has 0 aliphatic carbocycles. The molecule has 0 amide bonds. The summed E-state index contributed by atoms with van der Waals surface area (Å²) in [6.07, 6.45) is 0. The van der Waals surface area contributed by atoms with Crippen LogP contribution >= 0.6 is 23.1 Å². The van der Waals surface area contributed by atoms with E-state index in [2.05, 4.69) is 14.9 Å². The van der Waals surface area contributed by atoms with Crippen LogP contribution in [0.2, 0.25) is 0 Å². The molecule has 0 aromatic carbocycles. The maximum absolute atomic E-state index is 9.54. The van der Waals surface area contributed by atoms with Gasteiger partial charge in [0.05, 0.1) is 7.11 Å². The van der Waals surface area contributed by atoms with Crippen LogP contribution in [0.4, 0.5) is 0 Å². The van der Waals surface area contributed by atoms with Gasteiger partial charge in [-0.25, -0.2) is 0 Å². The first kappa shape index (κ1) is 10.5. The Kier molecular flexibility index (Phi) is 5.21. The van der Waals surface area contributed by atoms with Crippen molar-refractivity contribution in [3.8, 4) is 0 Å². The topological polar surface area (TPSA) is 43.4 Å². The molecule has 0 radical (unpaired) electrons. The van der Waals surface area contributed by atoms with Crippen molar-refractivity contribution >= 4 is 32.4 Å². The fourth-order valence-electron chi connectivity index (χ4n) is 0. The lowest BCUT2D eigenvalue weighted by Crippen LogP contribution is -1.87. The summed E-state index contributed by atoms with van der Waals surface area (Å²) < 4.78 is 22.8. The lowest BCUT2D eigenvalue weighted by Gasteiger charge is -1.80. The molecule has 0 rings (SSSR count). The smallest absolute Gasteiger partial charge is 0.261 e. The molecule has 3 nitrogen and oxygen atoms in total. The van der Waals surface area contributed by atoms with Crippen molar-refractivity contribution in [1.82, 2.24) is 0 Å². The molecule has 0 unspecified atom stereocenters. The van der Waals surface area contributed by atoms with Crippen LogP contribution < -0.4 is 0 Å². The van der Waals surface area contributed by atoms with Gasteiger partial charge in [-0.2, -0.15) is 8.42 Å². The molecule has 46 valence electrons. The summed E-state index contributed by atoms with van der Waals surface area (Å²) in [4.78, 5) is 0. The molecule has 0 aliphatic rings. The molecule has 0 saturated carbocycles. The zero-order valence-electron chi connectivity index (χ0n) is 3.42. The Morgan fingerprint density at radius 3 is 1.71 bits per heavy atom. The van der Waals surface area contributed by atoms with E-state index in [0.29, 0.717) is 0 Å². The van der Waals surface area contributed by atoms with Crippen LogP contribution in [0.5, 0.6) is 0 Å². The Hall–Kier alpha value is 0.490. The molecule has 0 heterocycles. The molecule has 0 aromatic heterocycles. The highest BCUT2D eigenvalue weighted by Gasteiger charge is 1.95. The van der Waals surface area contributed by atoms with Crippen molar-refractivity contribution in [3.05, 3.63) is 0 Å². The first-order chi connectivity index (χ1) is 2.56. The molecule has 0 saturated heterocycles. The SMILES string of the molecule is COS(=O)(=O)Cl.Cl. The molecular weight excluding hydrogens is 163 g/mol. The van der Waals surface area contributed by atoms with E-state index in [1.165, 1.54) is 0 Å². The average Bonchev–Trinajstić information content (AvgIpc) is 1.35. The standard InChI is InChI=1S/CH3ClO3S.ClH/c1-5-6(2,3)4;/h1H3;1H.